The van der Waals surface area contributed by atoms with Crippen LogP contribution in [0.3, 0.4) is 0 Å². The van der Waals surface area contributed by atoms with E-state index in [0.29, 0.717) is 10.6 Å². The van der Waals surface area contributed by atoms with Gasteiger partial charge in [0.25, 0.3) is 0 Å². The minimum atomic E-state index is -4.03. The van der Waals surface area contributed by atoms with Crippen molar-refractivity contribution in [2.75, 3.05) is 17.1 Å². The lowest BCUT2D eigenvalue weighted by molar-refractivity contribution is -0.140. The predicted molar refractivity (Wildman–Crippen MR) is 158 cm³/mol. The van der Waals surface area contributed by atoms with E-state index in [1.165, 1.54) is 17.0 Å². The highest BCUT2D eigenvalue weighted by molar-refractivity contribution is 7.92. The van der Waals surface area contributed by atoms with Gasteiger partial charge >= 0.3 is 0 Å². The molecule has 0 fully saturated rings. The predicted octanol–water partition coefficient (Wildman–Crippen LogP) is 5.72. The number of sulfonamides is 1. The molecule has 12 heteroatoms. The van der Waals surface area contributed by atoms with E-state index in [1.807, 2.05) is 30.3 Å². The fourth-order valence-electron chi connectivity index (χ4n) is 4.02. The van der Waals surface area contributed by atoms with Crippen LogP contribution in [-0.2, 0) is 32.6 Å². The summed E-state index contributed by atoms with van der Waals surface area (Å²) in [6.07, 6.45) is 1.07. The average molecular weight is 629 g/mol. The third-order valence-electron chi connectivity index (χ3n) is 5.93. The van der Waals surface area contributed by atoms with Gasteiger partial charge in [-0.2, -0.15) is 0 Å². The second-order valence-corrected chi connectivity index (χ2v) is 12.7. The molecular weight excluding hydrogens is 600 g/mol. The summed E-state index contributed by atoms with van der Waals surface area (Å²) in [7, 11) is -4.03. The molecule has 2 amide bonds. The second kappa shape index (κ2) is 13.7. The summed E-state index contributed by atoms with van der Waals surface area (Å²) in [5.74, 6) is -1.85. The van der Waals surface area contributed by atoms with Crippen molar-refractivity contribution in [2.24, 2.45) is 0 Å². The lowest BCUT2D eigenvalue weighted by Gasteiger charge is -2.34. The van der Waals surface area contributed by atoms with Gasteiger partial charge in [-0.3, -0.25) is 13.9 Å². The number of halogens is 4. The number of hydrogen-bond donors (Lipinski definition) is 1. The van der Waals surface area contributed by atoms with Gasteiger partial charge in [-0.15, -0.1) is 0 Å². The molecule has 1 atom stereocenters. The molecule has 0 aromatic heterocycles. The molecule has 0 aliphatic rings. The number of amides is 2. The number of benzene rings is 3. The van der Waals surface area contributed by atoms with Crippen molar-refractivity contribution in [3.63, 3.8) is 0 Å². The van der Waals surface area contributed by atoms with Gasteiger partial charge in [0.2, 0.25) is 21.8 Å². The topological polar surface area (TPSA) is 86.8 Å². The zero-order chi connectivity index (χ0) is 29.6. The molecule has 3 aromatic carbocycles. The molecule has 0 aliphatic carbocycles. The zero-order valence-corrected chi connectivity index (χ0v) is 25.2. The van der Waals surface area contributed by atoms with Crippen molar-refractivity contribution in [3.8, 4) is 0 Å². The van der Waals surface area contributed by atoms with Crippen molar-refractivity contribution in [1.82, 2.24) is 10.2 Å². The quantitative estimate of drug-likeness (QED) is 0.295. The van der Waals surface area contributed by atoms with Gasteiger partial charge in [0.15, 0.2) is 0 Å². The monoisotopic (exact) mass is 627 g/mol. The summed E-state index contributed by atoms with van der Waals surface area (Å²) in [4.78, 5) is 28.8. The zero-order valence-electron chi connectivity index (χ0n) is 22.1. The van der Waals surface area contributed by atoms with Crippen LogP contribution in [0.25, 0.3) is 0 Å². The molecule has 0 spiro atoms. The van der Waals surface area contributed by atoms with E-state index in [0.717, 1.165) is 28.3 Å². The summed E-state index contributed by atoms with van der Waals surface area (Å²) < 4.78 is 40.2. The lowest BCUT2D eigenvalue weighted by atomic mass is 10.0. The Labute approximate surface area is 248 Å². The fraction of sp³-hybridized carbons (Fsp3) is 0.286. The van der Waals surface area contributed by atoms with Gasteiger partial charge in [0.05, 0.1) is 17.0 Å². The lowest BCUT2D eigenvalue weighted by Crippen LogP contribution is -2.54. The van der Waals surface area contributed by atoms with Gasteiger partial charge in [0.1, 0.15) is 18.4 Å². The first-order chi connectivity index (χ1) is 18.8. The highest BCUT2D eigenvalue weighted by Crippen LogP contribution is 2.27. The molecule has 0 aliphatic heterocycles. The molecule has 3 aromatic rings. The number of rotatable bonds is 11. The van der Waals surface area contributed by atoms with Gasteiger partial charge in [-0.25, -0.2) is 12.8 Å². The maximum absolute atomic E-state index is 14.0. The number of nitrogens with zero attached hydrogens (tertiary/aromatic N) is 2. The highest BCUT2D eigenvalue weighted by Gasteiger charge is 2.33. The Bertz CT molecular complexity index is 1470. The van der Waals surface area contributed by atoms with E-state index in [2.05, 4.69) is 5.32 Å². The van der Waals surface area contributed by atoms with Crippen LogP contribution in [0.5, 0.6) is 0 Å². The number of nitrogens with one attached hydrogen (secondary N) is 1. The van der Waals surface area contributed by atoms with Gasteiger partial charge in [0, 0.05) is 29.1 Å². The Morgan fingerprint density at radius 3 is 2.20 bits per heavy atom. The Kier molecular flexibility index (Phi) is 10.8. The number of hydrogen-bond acceptors (Lipinski definition) is 4. The van der Waals surface area contributed by atoms with E-state index in [9.17, 15) is 22.4 Å². The van der Waals surface area contributed by atoms with Gasteiger partial charge in [-0.1, -0.05) is 71.2 Å². The van der Waals surface area contributed by atoms with Gasteiger partial charge < -0.3 is 10.2 Å². The molecule has 0 saturated carbocycles. The van der Waals surface area contributed by atoms with Crippen LogP contribution in [0.4, 0.5) is 10.1 Å². The number of carbonyl (C=O) groups is 2. The first-order valence-corrected chi connectivity index (χ1v) is 15.2. The normalized spacial score (nSPS) is 12.2. The standard InChI is InChI=1S/C28H29Cl3FN3O4S/c1-18(2)33-28(37)26(13-19-7-5-4-6-8-19)34(16-20-9-10-21(29)14-23(20)30)27(36)17-35(40(3,38)39)22-11-12-25(32)24(31)15-22/h4-12,14-15,18,26H,13,16-17H2,1-3H3,(H,33,37). The molecule has 40 heavy (non-hydrogen) atoms. The second-order valence-electron chi connectivity index (χ2n) is 9.49. The molecule has 0 radical (unpaired) electrons. The molecule has 0 heterocycles. The van der Waals surface area contributed by atoms with E-state index in [4.69, 9.17) is 34.8 Å². The van der Waals surface area contributed by atoms with Crippen molar-refractivity contribution in [2.45, 2.75) is 38.9 Å². The van der Waals surface area contributed by atoms with Crippen molar-refractivity contribution < 1.29 is 22.4 Å². The van der Waals surface area contributed by atoms with Crippen LogP contribution in [0, 0.1) is 5.82 Å². The summed E-state index contributed by atoms with van der Waals surface area (Å²) >= 11 is 18.4. The Morgan fingerprint density at radius 2 is 1.62 bits per heavy atom. The Balaban J connectivity index is 2.09. The summed E-state index contributed by atoms with van der Waals surface area (Å²) in [5, 5.41) is 3.22. The summed E-state index contributed by atoms with van der Waals surface area (Å²) in [5.41, 5.74) is 1.29. The molecule has 7 nitrogen and oxygen atoms in total. The molecule has 0 saturated heterocycles. The van der Waals surface area contributed by atoms with Crippen molar-refractivity contribution in [3.05, 3.63) is 98.7 Å². The summed E-state index contributed by atoms with van der Waals surface area (Å²) in [6.45, 7) is 2.80. The maximum Gasteiger partial charge on any atom is 0.244 e. The molecule has 0 bridgehead atoms. The van der Waals surface area contributed by atoms with Crippen LogP contribution < -0.4 is 9.62 Å². The fourth-order valence-corrected chi connectivity index (χ4v) is 5.51. The van der Waals surface area contributed by atoms with Crippen LogP contribution >= 0.6 is 34.8 Å². The van der Waals surface area contributed by atoms with Crippen molar-refractivity contribution in [1.29, 1.82) is 0 Å². The first-order valence-electron chi connectivity index (χ1n) is 12.3. The third-order valence-corrected chi connectivity index (χ3v) is 7.95. The van der Waals surface area contributed by atoms with E-state index >= 15 is 0 Å². The SMILES string of the molecule is CC(C)NC(=O)C(Cc1ccccc1)N(Cc1ccc(Cl)cc1Cl)C(=O)CN(c1ccc(F)c(Cl)c1)S(C)(=O)=O. The largest absolute Gasteiger partial charge is 0.352 e. The smallest absolute Gasteiger partial charge is 0.244 e. The molecule has 214 valence electrons. The molecule has 1 unspecified atom stereocenters. The van der Waals surface area contributed by atoms with E-state index in [-0.39, 0.29) is 34.7 Å². The number of carbonyl (C=O) groups excluding carboxylic acids is 2. The molecule has 3 rings (SSSR count). The maximum atomic E-state index is 14.0. The Hall–Kier alpha value is -2.85. The van der Waals surface area contributed by atoms with E-state index in [1.54, 1.807) is 26.0 Å². The van der Waals surface area contributed by atoms with Crippen LogP contribution in [0.15, 0.2) is 66.7 Å². The highest BCUT2D eigenvalue weighted by atomic mass is 35.5. The number of anilines is 1. The Morgan fingerprint density at radius 1 is 0.950 bits per heavy atom. The van der Waals surface area contributed by atoms with Gasteiger partial charge in [-0.05, 0) is 55.3 Å². The average Bonchev–Trinajstić information content (AvgIpc) is 2.87. The van der Waals surface area contributed by atoms with Crippen LogP contribution in [-0.4, -0.2) is 50.0 Å². The van der Waals surface area contributed by atoms with Crippen LogP contribution in [0.2, 0.25) is 15.1 Å². The summed E-state index contributed by atoms with van der Waals surface area (Å²) in [6, 6.07) is 16.0. The van der Waals surface area contributed by atoms with E-state index < -0.39 is 40.2 Å². The third kappa shape index (κ3) is 8.57. The molecular formula is C28H29Cl3FN3O4S. The minimum absolute atomic E-state index is 0.00188. The first kappa shape index (κ1) is 31.7. The molecule has 1 N–H and O–H groups in total. The van der Waals surface area contributed by atoms with Crippen LogP contribution in [0.1, 0.15) is 25.0 Å². The minimum Gasteiger partial charge on any atom is -0.352 e. The van der Waals surface area contributed by atoms with Crippen molar-refractivity contribution >= 4 is 62.3 Å².